The van der Waals surface area contributed by atoms with E-state index in [0.717, 1.165) is 5.56 Å². The van der Waals surface area contributed by atoms with Crippen LogP contribution in [0.15, 0.2) is 30.3 Å². The Morgan fingerprint density at radius 2 is 1.62 bits per heavy atom. The van der Waals surface area contributed by atoms with Crippen LogP contribution in [0.1, 0.15) is 49.4 Å². The van der Waals surface area contributed by atoms with E-state index in [1.54, 1.807) is 37.3 Å². The average molecular weight is 438 g/mol. The smallest absolute Gasteiger partial charge is 0.266 e. The van der Waals surface area contributed by atoms with Crippen LogP contribution >= 0.6 is 11.3 Å². The molecular weight excluding hydrogens is 410 g/mol. The number of hydrogen-bond acceptors (Lipinski definition) is 5. The molecule has 2 amide bonds. The van der Waals surface area contributed by atoms with Crippen LogP contribution in [-0.2, 0) is 14.8 Å². The molecule has 29 heavy (non-hydrogen) atoms. The molecule has 0 fully saturated rings. The highest BCUT2D eigenvalue weighted by atomic mass is 32.2. The molecule has 0 aliphatic heterocycles. The number of sulfonamides is 1. The zero-order valence-electron chi connectivity index (χ0n) is 17.3. The minimum absolute atomic E-state index is 0.0528. The summed E-state index contributed by atoms with van der Waals surface area (Å²) in [7, 11) is -3.36. The maximum Gasteiger partial charge on any atom is 0.266 e. The molecule has 1 heterocycles. The van der Waals surface area contributed by atoms with Gasteiger partial charge in [-0.3, -0.25) is 14.3 Å². The average Bonchev–Trinajstić information content (AvgIpc) is 2.96. The van der Waals surface area contributed by atoms with Crippen molar-refractivity contribution in [2.75, 3.05) is 21.1 Å². The molecule has 0 radical (unpaired) electrons. The van der Waals surface area contributed by atoms with Gasteiger partial charge in [-0.1, -0.05) is 27.7 Å². The van der Waals surface area contributed by atoms with Crippen LogP contribution in [0.2, 0.25) is 0 Å². The summed E-state index contributed by atoms with van der Waals surface area (Å²) in [6.07, 6.45) is 0.530. The predicted molar refractivity (Wildman–Crippen MR) is 119 cm³/mol. The molecule has 0 saturated carbocycles. The van der Waals surface area contributed by atoms with Crippen molar-refractivity contribution in [1.82, 2.24) is 0 Å². The number of benzene rings is 1. The Labute approximate surface area is 176 Å². The Kier molecular flexibility index (Phi) is 7.07. The standard InChI is InChI=1S/C20H27N3O4S2/c1-6-11-29(26,27)23-15-9-7-14(8-10-15)21-18(24)17-13(2)12-16(28-17)22-19(25)20(3,4)5/h7-10,12,23H,6,11H2,1-5H3,(H,21,24)(H,22,25). The quantitative estimate of drug-likeness (QED) is 0.595. The Morgan fingerprint density at radius 3 is 2.17 bits per heavy atom. The molecule has 7 nitrogen and oxygen atoms in total. The van der Waals surface area contributed by atoms with E-state index in [4.69, 9.17) is 0 Å². The van der Waals surface area contributed by atoms with Crippen LogP contribution in [0.3, 0.4) is 0 Å². The summed E-state index contributed by atoms with van der Waals surface area (Å²) in [5.74, 6) is -0.355. The number of rotatable bonds is 7. The van der Waals surface area contributed by atoms with E-state index in [0.29, 0.717) is 27.7 Å². The number of aryl methyl sites for hydroxylation is 1. The summed E-state index contributed by atoms with van der Waals surface area (Å²) in [6.45, 7) is 9.07. The summed E-state index contributed by atoms with van der Waals surface area (Å²) in [6, 6.07) is 8.23. The first-order valence-corrected chi connectivity index (χ1v) is 11.7. The zero-order chi connectivity index (χ0) is 21.8. The number of hydrogen-bond donors (Lipinski definition) is 3. The second-order valence-electron chi connectivity index (χ2n) is 7.78. The van der Waals surface area contributed by atoms with Gasteiger partial charge in [0, 0.05) is 16.8 Å². The highest BCUT2D eigenvalue weighted by molar-refractivity contribution is 7.92. The Balaban J connectivity index is 2.06. The van der Waals surface area contributed by atoms with Crippen LogP contribution in [0, 0.1) is 12.3 Å². The second kappa shape index (κ2) is 8.96. The van der Waals surface area contributed by atoms with E-state index in [2.05, 4.69) is 15.4 Å². The number of amides is 2. The zero-order valence-corrected chi connectivity index (χ0v) is 18.9. The highest BCUT2D eigenvalue weighted by Crippen LogP contribution is 2.29. The molecule has 3 N–H and O–H groups in total. The SMILES string of the molecule is CCCS(=O)(=O)Nc1ccc(NC(=O)c2sc(NC(=O)C(C)(C)C)cc2C)cc1. The van der Waals surface area contributed by atoms with Gasteiger partial charge in [0.1, 0.15) is 0 Å². The summed E-state index contributed by atoms with van der Waals surface area (Å²) in [5.41, 5.74) is 1.22. The lowest BCUT2D eigenvalue weighted by atomic mass is 9.96. The van der Waals surface area contributed by atoms with Gasteiger partial charge in [-0.25, -0.2) is 8.42 Å². The van der Waals surface area contributed by atoms with Crippen LogP contribution in [0.25, 0.3) is 0 Å². The number of carbonyl (C=O) groups is 2. The lowest BCUT2D eigenvalue weighted by molar-refractivity contribution is -0.123. The van der Waals surface area contributed by atoms with Gasteiger partial charge < -0.3 is 10.6 Å². The van der Waals surface area contributed by atoms with Crippen molar-refractivity contribution in [3.8, 4) is 0 Å². The lowest BCUT2D eigenvalue weighted by Gasteiger charge is -2.16. The molecule has 0 aliphatic carbocycles. The summed E-state index contributed by atoms with van der Waals surface area (Å²) in [4.78, 5) is 25.2. The topological polar surface area (TPSA) is 104 Å². The van der Waals surface area contributed by atoms with E-state index in [9.17, 15) is 18.0 Å². The van der Waals surface area contributed by atoms with E-state index in [-0.39, 0.29) is 17.6 Å². The molecule has 0 bridgehead atoms. The van der Waals surface area contributed by atoms with Gasteiger partial charge >= 0.3 is 0 Å². The molecule has 0 saturated heterocycles. The molecule has 2 aromatic rings. The minimum Gasteiger partial charge on any atom is -0.321 e. The molecule has 9 heteroatoms. The van der Waals surface area contributed by atoms with Crippen LogP contribution in [0.4, 0.5) is 16.4 Å². The van der Waals surface area contributed by atoms with Crippen molar-refractivity contribution < 1.29 is 18.0 Å². The normalized spacial score (nSPS) is 11.8. The fourth-order valence-corrected chi connectivity index (χ4v) is 4.48. The Bertz CT molecular complexity index is 988. The third-order valence-electron chi connectivity index (χ3n) is 3.93. The number of thiophene rings is 1. The molecule has 1 aromatic heterocycles. The molecule has 1 aromatic carbocycles. The molecule has 158 valence electrons. The Hall–Kier alpha value is -2.39. The van der Waals surface area contributed by atoms with Gasteiger partial charge in [0.2, 0.25) is 15.9 Å². The van der Waals surface area contributed by atoms with Gasteiger partial charge in [-0.15, -0.1) is 11.3 Å². The summed E-state index contributed by atoms with van der Waals surface area (Å²) in [5, 5.41) is 6.25. The maximum atomic E-state index is 12.6. The van der Waals surface area contributed by atoms with Gasteiger partial charge in [-0.05, 0) is 49.2 Å². The van der Waals surface area contributed by atoms with Crippen molar-refractivity contribution in [2.24, 2.45) is 5.41 Å². The van der Waals surface area contributed by atoms with Gasteiger partial charge in [0.05, 0.1) is 15.6 Å². The van der Waals surface area contributed by atoms with Crippen LogP contribution in [0.5, 0.6) is 0 Å². The summed E-state index contributed by atoms with van der Waals surface area (Å²) < 4.78 is 26.1. The van der Waals surface area contributed by atoms with Crippen molar-refractivity contribution >= 4 is 49.6 Å². The van der Waals surface area contributed by atoms with E-state index in [1.165, 1.54) is 11.3 Å². The summed E-state index contributed by atoms with van der Waals surface area (Å²) >= 11 is 1.21. The number of anilines is 3. The van der Waals surface area contributed by atoms with Crippen molar-refractivity contribution in [3.05, 3.63) is 40.8 Å². The molecule has 0 aliphatic rings. The van der Waals surface area contributed by atoms with Gasteiger partial charge in [0.15, 0.2) is 0 Å². The number of nitrogens with one attached hydrogen (secondary N) is 3. The van der Waals surface area contributed by atoms with E-state index >= 15 is 0 Å². The minimum atomic E-state index is -3.36. The third-order valence-corrected chi connectivity index (χ3v) is 6.57. The second-order valence-corrected chi connectivity index (χ2v) is 10.7. The maximum absolute atomic E-state index is 12.6. The molecule has 0 atom stereocenters. The molecular formula is C20H27N3O4S2. The predicted octanol–water partition coefficient (Wildman–Crippen LogP) is 4.45. The largest absolute Gasteiger partial charge is 0.321 e. The fourth-order valence-electron chi connectivity index (χ4n) is 2.38. The van der Waals surface area contributed by atoms with Gasteiger partial charge in [-0.2, -0.15) is 0 Å². The van der Waals surface area contributed by atoms with Crippen molar-refractivity contribution in [3.63, 3.8) is 0 Å². The van der Waals surface area contributed by atoms with Crippen LogP contribution in [-0.4, -0.2) is 26.0 Å². The fraction of sp³-hybridized carbons (Fsp3) is 0.400. The first-order valence-electron chi connectivity index (χ1n) is 9.25. The first kappa shape index (κ1) is 22.9. The monoisotopic (exact) mass is 437 g/mol. The molecule has 0 unspecified atom stereocenters. The highest BCUT2D eigenvalue weighted by Gasteiger charge is 2.23. The number of carbonyl (C=O) groups excluding carboxylic acids is 2. The lowest BCUT2D eigenvalue weighted by Crippen LogP contribution is -2.27. The Morgan fingerprint density at radius 1 is 1.03 bits per heavy atom. The van der Waals surface area contributed by atoms with Crippen molar-refractivity contribution in [2.45, 2.75) is 41.0 Å². The van der Waals surface area contributed by atoms with Crippen molar-refractivity contribution in [1.29, 1.82) is 0 Å². The van der Waals surface area contributed by atoms with Gasteiger partial charge in [0.25, 0.3) is 5.91 Å². The first-order chi connectivity index (χ1) is 13.4. The third kappa shape index (κ3) is 6.57. The van der Waals surface area contributed by atoms with E-state index in [1.807, 2.05) is 27.7 Å². The van der Waals surface area contributed by atoms with E-state index < -0.39 is 15.4 Å². The van der Waals surface area contributed by atoms with Crippen LogP contribution < -0.4 is 15.4 Å². The molecule has 2 rings (SSSR count). The molecule has 0 spiro atoms.